The zero-order valence-corrected chi connectivity index (χ0v) is 17.6. The van der Waals surface area contributed by atoms with Crippen LogP contribution >= 0.6 is 0 Å². The zero-order valence-electron chi connectivity index (χ0n) is 17.6. The summed E-state index contributed by atoms with van der Waals surface area (Å²) in [6, 6.07) is 0.550. The molecule has 1 aromatic rings. The lowest BCUT2D eigenvalue weighted by Gasteiger charge is -2.33. The van der Waals surface area contributed by atoms with Crippen LogP contribution in [0.15, 0.2) is 18.7 Å². The lowest BCUT2D eigenvalue weighted by atomic mass is 10.0. The summed E-state index contributed by atoms with van der Waals surface area (Å²) in [6.45, 7) is 20.2. The van der Waals surface area contributed by atoms with Crippen molar-refractivity contribution in [3.8, 4) is 0 Å². The van der Waals surface area contributed by atoms with Crippen molar-refractivity contribution in [2.75, 3.05) is 25.0 Å². The third-order valence-corrected chi connectivity index (χ3v) is 4.43. The largest absolute Gasteiger partial charge is 0.355 e. The number of rotatable bonds is 4. The highest BCUT2D eigenvalue weighted by atomic mass is 15.3. The van der Waals surface area contributed by atoms with Gasteiger partial charge in [0.05, 0.1) is 5.69 Å². The van der Waals surface area contributed by atoms with Crippen molar-refractivity contribution in [2.45, 2.75) is 67.3 Å². The summed E-state index contributed by atoms with van der Waals surface area (Å²) in [5.41, 5.74) is 4.50. The van der Waals surface area contributed by atoms with Gasteiger partial charge in [-0.1, -0.05) is 46.4 Å². The molecule has 0 spiro atoms. The zero-order chi connectivity index (χ0) is 19.4. The standard InChI is InChI=1S/C17H26N4.2C2H6/c1-6-7-12(2)16-13(3)14(4)17(20-19-16)21(5)15-8-10-18-11-9-15;2*1-2/h6-7,15,18H,1,8-11H2,2-5H3;2*1-2H3/b12-7+;;. The molecule has 25 heavy (non-hydrogen) atoms. The Labute approximate surface area is 155 Å². The Kier molecular flexibility index (Phi) is 11.8. The smallest absolute Gasteiger partial charge is 0.154 e. The topological polar surface area (TPSA) is 41.1 Å². The number of hydrogen-bond acceptors (Lipinski definition) is 4. The van der Waals surface area contributed by atoms with Gasteiger partial charge in [0.25, 0.3) is 0 Å². The monoisotopic (exact) mass is 346 g/mol. The lowest BCUT2D eigenvalue weighted by Crippen LogP contribution is -2.42. The minimum Gasteiger partial charge on any atom is -0.355 e. The van der Waals surface area contributed by atoms with Gasteiger partial charge in [-0.3, -0.25) is 0 Å². The molecule has 2 rings (SSSR count). The number of piperidine rings is 1. The first-order valence-electron chi connectivity index (χ1n) is 9.63. The second-order valence-electron chi connectivity index (χ2n) is 5.80. The predicted molar refractivity (Wildman–Crippen MR) is 112 cm³/mol. The van der Waals surface area contributed by atoms with Gasteiger partial charge < -0.3 is 10.2 Å². The minimum absolute atomic E-state index is 0.550. The van der Waals surface area contributed by atoms with Crippen LogP contribution in [0.4, 0.5) is 5.82 Å². The van der Waals surface area contributed by atoms with Crippen LogP contribution in [0.25, 0.3) is 5.57 Å². The van der Waals surface area contributed by atoms with Crippen molar-refractivity contribution in [3.05, 3.63) is 35.6 Å². The fourth-order valence-corrected chi connectivity index (χ4v) is 2.92. The van der Waals surface area contributed by atoms with Crippen LogP contribution in [-0.2, 0) is 0 Å². The predicted octanol–water partition coefficient (Wildman–Crippen LogP) is 4.92. The molecule has 4 nitrogen and oxygen atoms in total. The average molecular weight is 347 g/mol. The molecule has 1 aliphatic heterocycles. The van der Waals surface area contributed by atoms with E-state index in [1.165, 1.54) is 11.1 Å². The van der Waals surface area contributed by atoms with Gasteiger partial charge in [-0.15, -0.1) is 10.2 Å². The van der Waals surface area contributed by atoms with Gasteiger partial charge in [0.1, 0.15) is 0 Å². The molecule has 1 saturated heterocycles. The Morgan fingerprint density at radius 1 is 1.08 bits per heavy atom. The van der Waals surface area contributed by atoms with Gasteiger partial charge in [0.2, 0.25) is 0 Å². The van der Waals surface area contributed by atoms with E-state index in [9.17, 15) is 0 Å². The van der Waals surface area contributed by atoms with Gasteiger partial charge in [0.15, 0.2) is 5.82 Å². The quantitative estimate of drug-likeness (QED) is 0.785. The highest BCUT2D eigenvalue weighted by Gasteiger charge is 2.22. The summed E-state index contributed by atoms with van der Waals surface area (Å²) in [5, 5.41) is 12.4. The third kappa shape index (κ3) is 6.28. The van der Waals surface area contributed by atoms with E-state index in [0.29, 0.717) is 6.04 Å². The molecule has 1 aromatic heterocycles. The molecule has 0 bridgehead atoms. The molecule has 0 amide bonds. The summed E-state index contributed by atoms with van der Waals surface area (Å²) in [4.78, 5) is 2.30. The SMILES string of the molecule is C=C/C=C(\C)c1nnc(N(C)C2CCNCC2)c(C)c1C.CC.CC. The van der Waals surface area contributed by atoms with Crippen LogP contribution in [0.2, 0.25) is 0 Å². The maximum Gasteiger partial charge on any atom is 0.154 e. The lowest BCUT2D eigenvalue weighted by molar-refractivity contribution is 0.440. The van der Waals surface area contributed by atoms with Crippen molar-refractivity contribution >= 4 is 11.4 Å². The molecule has 0 unspecified atom stereocenters. The Hall–Kier alpha value is -1.68. The maximum atomic E-state index is 4.50. The molecule has 0 saturated carbocycles. The van der Waals surface area contributed by atoms with E-state index in [4.69, 9.17) is 0 Å². The van der Waals surface area contributed by atoms with Crippen molar-refractivity contribution in [1.29, 1.82) is 0 Å². The first-order chi connectivity index (χ1) is 12.1. The van der Waals surface area contributed by atoms with E-state index >= 15 is 0 Å². The maximum absolute atomic E-state index is 4.50. The molecule has 0 aliphatic carbocycles. The highest BCUT2D eigenvalue weighted by Crippen LogP contribution is 2.27. The second-order valence-corrected chi connectivity index (χ2v) is 5.80. The normalized spacial score (nSPS) is 14.6. The van der Waals surface area contributed by atoms with Crippen LogP contribution in [0.1, 0.15) is 64.3 Å². The van der Waals surface area contributed by atoms with Gasteiger partial charge in [0, 0.05) is 13.1 Å². The van der Waals surface area contributed by atoms with E-state index < -0.39 is 0 Å². The molecule has 0 aromatic carbocycles. The Balaban J connectivity index is 0.00000134. The van der Waals surface area contributed by atoms with E-state index in [1.54, 1.807) is 6.08 Å². The molecule has 142 valence electrons. The summed E-state index contributed by atoms with van der Waals surface area (Å²) in [5.74, 6) is 1.01. The van der Waals surface area contributed by atoms with Gasteiger partial charge in [-0.05, 0) is 63.4 Å². The molecule has 1 fully saturated rings. The number of hydrogen-bond donors (Lipinski definition) is 1. The minimum atomic E-state index is 0.550. The van der Waals surface area contributed by atoms with Crippen LogP contribution in [0.5, 0.6) is 0 Å². The van der Waals surface area contributed by atoms with E-state index in [2.05, 4.69) is 47.9 Å². The molecule has 1 N–H and O–H groups in total. The third-order valence-electron chi connectivity index (χ3n) is 4.43. The summed E-state index contributed by atoms with van der Waals surface area (Å²) < 4.78 is 0. The van der Waals surface area contributed by atoms with Crippen LogP contribution in [0, 0.1) is 13.8 Å². The highest BCUT2D eigenvalue weighted by molar-refractivity contribution is 5.67. The summed E-state index contributed by atoms with van der Waals surface area (Å²) in [6.07, 6.45) is 6.09. The number of nitrogens with zero attached hydrogens (tertiary/aromatic N) is 3. The Morgan fingerprint density at radius 3 is 2.16 bits per heavy atom. The fourth-order valence-electron chi connectivity index (χ4n) is 2.92. The molecule has 2 heterocycles. The molecular weight excluding hydrogens is 308 g/mol. The molecule has 0 atom stereocenters. The van der Waals surface area contributed by atoms with Gasteiger partial charge in [-0.25, -0.2) is 0 Å². The summed E-state index contributed by atoms with van der Waals surface area (Å²) in [7, 11) is 2.14. The number of nitrogens with one attached hydrogen (secondary N) is 1. The number of anilines is 1. The van der Waals surface area contributed by atoms with E-state index in [-0.39, 0.29) is 0 Å². The van der Waals surface area contributed by atoms with Gasteiger partial charge >= 0.3 is 0 Å². The van der Waals surface area contributed by atoms with Crippen molar-refractivity contribution in [1.82, 2.24) is 15.5 Å². The molecule has 1 aliphatic rings. The molecule has 4 heteroatoms. The first kappa shape index (κ1) is 23.3. The van der Waals surface area contributed by atoms with Crippen molar-refractivity contribution in [2.24, 2.45) is 0 Å². The summed E-state index contributed by atoms with van der Waals surface area (Å²) >= 11 is 0. The van der Waals surface area contributed by atoms with Crippen LogP contribution in [0.3, 0.4) is 0 Å². The number of aromatic nitrogens is 2. The van der Waals surface area contributed by atoms with Crippen molar-refractivity contribution < 1.29 is 0 Å². The average Bonchev–Trinajstić information content (AvgIpc) is 2.67. The van der Waals surface area contributed by atoms with Gasteiger partial charge in [-0.2, -0.15) is 0 Å². The Morgan fingerprint density at radius 2 is 1.64 bits per heavy atom. The molecule has 0 radical (unpaired) electrons. The van der Waals surface area contributed by atoms with Crippen molar-refractivity contribution in [3.63, 3.8) is 0 Å². The Bertz CT molecular complexity index is 543. The first-order valence-corrected chi connectivity index (χ1v) is 9.63. The number of allylic oxidation sites excluding steroid dienone is 3. The van der Waals surface area contributed by atoms with E-state index in [0.717, 1.165) is 43.0 Å². The van der Waals surface area contributed by atoms with E-state index in [1.807, 2.05) is 40.7 Å². The molecular formula is C21H38N4. The second kappa shape index (κ2) is 12.6. The fraction of sp³-hybridized carbons (Fsp3) is 0.619. The van der Waals surface area contributed by atoms with Crippen LogP contribution < -0.4 is 10.2 Å². The van der Waals surface area contributed by atoms with Crippen LogP contribution in [-0.4, -0.2) is 36.4 Å².